The summed E-state index contributed by atoms with van der Waals surface area (Å²) in [5, 5.41) is 0. The highest BCUT2D eigenvalue weighted by molar-refractivity contribution is 7.89. The quantitative estimate of drug-likeness (QED) is 0.152. The highest BCUT2D eigenvalue weighted by atomic mass is 30.1. The molecule has 0 aromatic carbocycles. The Hall–Kier alpha value is 1.55. The molecule has 3 atom stereocenters. The Morgan fingerprint density at radius 1 is 1.04 bits per heavy atom. The lowest BCUT2D eigenvalue weighted by molar-refractivity contribution is 0.310. The molecule has 0 fully saturated rings. The Morgan fingerprint density at radius 2 is 1.54 bits per heavy atom. The summed E-state index contributed by atoms with van der Waals surface area (Å²) in [6, 6.07) is 0. The van der Waals surface area contributed by atoms with Gasteiger partial charge in [0.15, 0.2) is 26.9 Å². The predicted molar refractivity (Wildman–Crippen MR) is 137 cm³/mol. The summed E-state index contributed by atoms with van der Waals surface area (Å²) < 4.78 is 31.4. The van der Waals surface area contributed by atoms with Crippen LogP contribution in [0.3, 0.4) is 0 Å². The van der Waals surface area contributed by atoms with Crippen LogP contribution in [0.1, 0.15) is 0 Å². The molecule has 168 valence electrons. The molecule has 0 bridgehead atoms. The van der Waals surface area contributed by atoms with Crippen LogP contribution in [0, 0.1) is 0 Å². The van der Waals surface area contributed by atoms with Crippen molar-refractivity contribution in [2.45, 2.75) is 39.3 Å². The average molecular weight is 571 g/mol. The van der Waals surface area contributed by atoms with E-state index in [1.807, 2.05) is 38.4 Å². The zero-order valence-electron chi connectivity index (χ0n) is 18.3. The van der Waals surface area contributed by atoms with Gasteiger partial charge in [0.1, 0.15) is 0 Å². The van der Waals surface area contributed by atoms with Gasteiger partial charge in [0, 0.05) is 16.9 Å². The molecule has 0 saturated heterocycles. The van der Waals surface area contributed by atoms with E-state index in [1.54, 1.807) is 13.7 Å². The van der Waals surface area contributed by atoms with Gasteiger partial charge < -0.3 is 40.1 Å². The van der Waals surface area contributed by atoms with Crippen LogP contribution in [0.2, 0.25) is 39.3 Å². The van der Waals surface area contributed by atoms with Crippen molar-refractivity contribution in [2.75, 3.05) is 7.11 Å². The monoisotopic (exact) mass is 570 g/mol. The summed E-state index contributed by atoms with van der Waals surface area (Å²) in [5.74, 6) is 0. The SMILES string of the molecule is C=C[Si](C)(C)O[Si](C)(C)O[Si](O[SiH](C)O)([Si](C)([SiH3])OC)[Si](O[SiH2]O)([SiH2]O)[SiH2]O. The van der Waals surface area contributed by atoms with Crippen molar-refractivity contribution in [1.29, 1.82) is 0 Å². The lowest BCUT2D eigenvalue weighted by atomic mass is 11.3. The van der Waals surface area contributed by atoms with Gasteiger partial charge in [0.05, 0.1) is 0 Å². The summed E-state index contributed by atoms with van der Waals surface area (Å²) in [6.45, 7) is 12.1. The van der Waals surface area contributed by atoms with E-state index in [0.717, 1.165) is 0 Å². The molecule has 9 nitrogen and oxygen atoms in total. The molecule has 0 spiro atoms. The molecule has 0 radical (unpaired) electrons. The van der Waals surface area contributed by atoms with Crippen molar-refractivity contribution >= 4 is 86.3 Å². The summed E-state index contributed by atoms with van der Waals surface area (Å²) in [4.78, 5) is 41.1. The first kappa shape index (κ1) is 29.5. The van der Waals surface area contributed by atoms with Crippen LogP contribution in [0.4, 0.5) is 0 Å². The van der Waals surface area contributed by atoms with Crippen molar-refractivity contribution in [3.05, 3.63) is 12.3 Å². The van der Waals surface area contributed by atoms with Crippen LogP contribution in [0.25, 0.3) is 0 Å². The van der Waals surface area contributed by atoms with E-state index in [-0.39, 0.29) is 0 Å². The van der Waals surface area contributed by atoms with Crippen LogP contribution >= 0.6 is 0 Å². The Bertz CT molecular complexity index is 503. The highest BCUT2D eigenvalue weighted by Gasteiger charge is 2.72. The van der Waals surface area contributed by atoms with Gasteiger partial charge in [-0.3, -0.25) is 0 Å². The van der Waals surface area contributed by atoms with Gasteiger partial charge in [-0.25, -0.2) is 0 Å². The molecule has 0 aliphatic rings. The first-order chi connectivity index (χ1) is 12.6. The lowest BCUT2D eigenvalue weighted by Gasteiger charge is -2.53. The minimum Gasteiger partial charge on any atom is -0.440 e. The topological polar surface area (TPSA) is 127 Å². The third-order valence-electron chi connectivity index (χ3n) is 4.48. The normalized spacial score (nSPS) is 22.1. The molecule has 0 amide bonds. The van der Waals surface area contributed by atoms with Crippen molar-refractivity contribution in [3.63, 3.8) is 0 Å². The number of hydrogen-bond acceptors (Lipinski definition) is 9. The van der Waals surface area contributed by atoms with Gasteiger partial charge >= 0.3 is 25.4 Å². The molecule has 0 saturated carbocycles. The van der Waals surface area contributed by atoms with E-state index in [0.29, 0.717) is 9.76 Å². The lowest BCUT2D eigenvalue weighted by Crippen LogP contribution is -2.89. The number of hydrogen-bond donors (Lipinski definition) is 4. The minimum atomic E-state index is -3.51. The smallest absolute Gasteiger partial charge is 0.336 e. The Balaban J connectivity index is 6.69. The fraction of sp³-hybridized carbons (Fsp3) is 0.778. The second kappa shape index (κ2) is 11.4. The van der Waals surface area contributed by atoms with Crippen molar-refractivity contribution < 1.29 is 40.1 Å². The maximum absolute atomic E-state index is 10.5. The van der Waals surface area contributed by atoms with Crippen LogP contribution in [-0.2, 0) is 20.9 Å². The van der Waals surface area contributed by atoms with E-state index < -0.39 is 76.5 Å². The molecule has 0 aromatic rings. The molecule has 0 aromatic heterocycles. The Labute approximate surface area is 184 Å². The summed E-state index contributed by atoms with van der Waals surface area (Å²) in [7, 11) is -17.3. The Kier molecular flexibility index (Phi) is 12.1. The van der Waals surface area contributed by atoms with E-state index in [9.17, 15) is 19.2 Å². The van der Waals surface area contributed by atoms with Gasteiger partial charge in [-0.15, -0.1) is 6.58 Å². The molecular weight excluding hydrogens is 533 g/mol. The average Bonchev–Trinajstić information content (AvgIpc) is 2.57. The molecule has 19 heteroatoms. The molecule has 28 heavy (non-hydrogen) atoms. The second-order valence-corrected chi connectivity index (χ2v) is 63.4. The summed E-state index contributed by atoms with van der Waals surface area (Å²) in [5.41, 5.74) is 1.83. The largest absolute Gasteiger partial charge is 0.440 e. The maximum atomic E-state index is 10.5. The minimum absolute atomic E-state index is 0.603. The van der Waals surface area contributed by atoms with E-state index in [1.165, 1.54) is 0 Å². The van der Waals surface area contributed by atoms with Crippen LogP contribution < -0.4 is 0 Å². The van der Waals surface area contributed by atoms with Crippen molar-refractivity contribution in [3.8, 4) is 0 Å². The predicted octanol–water partition coefficient (Wildman–Crippen LogP) is -4.71. The van der Waals surface area contributed by atoms with Gasteiger partial charge in [-0.2, -0.15) is 0 Å². The molecule has 3 unspecified atom stereocenters. The van der Waals surface area contributed by atoms with Crippen molar-refractivity contribution in [2.24, 2.45) is 0 Å². The molecule has 0 heterocycles. The fourth-order valence-electron chi connectivity index (χ4n) is 3.02. The van der Waals surface area contributed by atoms with Gasteiger partial charge in [-0.1, -0.05) is 5.70 Å². The van der Waals surface area contributed by atoms with Gasteiger partial charge in [-0.05, 0) is 39.3 Å². The van der Waals surface area contributed by atoms with Crippen LogP contribution in [-0.4, -0.2) is 113 Å². The maximum Gasteiger partial charge on any atom is 0.336 e. The molecule has 0 aliphatic heterocycles. The summed E-state index contributed by atoms with van der Waals surface area (Å²) >= 11 is 0. The first-order valence-electron chi connectivity index (χ1n) is 9.05. The van der Waals surface area contributed by atoms with Gasteiger partial charge in [0.25, 0.3) is 16.9 Å². The summed E-state index contributed by atoms with van der Waals surface area (Å²) in [6.07, 6.45) is 0. The fourth-order valence-corrected chi connectivity index (χ4v) is 140. The molecule has 4 N–H and O–H groups in total. The Morgan fingerprint density at radius 3 is 1.86 bits per heavy atom. The highest BCUT2D eigenvalue weighted by Crippen LogP contribution is 2.34. The first-order valence-corrected chi connectivity index (χ1v) is 35.8. The standard InChI is InChI=1S/C9H38O9Si10/c1-9-24(4,5)17-25(6,7)18-27(16-23(3)13,26(8,19)14-2)28(21-11,22-12)15-20-10/h9-13,23H,1,20-22H2,2-8,19H3. The van der Waals surface area contributed by atoms with E-state index in [4.69, 9.17) is 20.9 Å². The third-order valence-corrected chi connectivity index (χ3v) is 86.6. The zero-order chi connectivity index (χ0) is 22.4. The molecular formula is C9H38O9Si10. The number of rotatable bonds is 14. The van der Waals surface area contributed by atoms with E-state index >= 15 is 0 Å². The van der Waals surface area contributed by atoms with Crippen LogP contribution in [0.15, 0.2) is 12.3 Å². The second-order valence-electron chi connectivity index (χ2n) is 8.04. The zero-order valence-corrected chi connectivity index (χ0v) is 30.7. The van der Waals surface area contributed by atoms with E-state index in [2.05, 4.69) is 6.58 Å². The molecule has 0 rings (SSSR count). The molecule has 0 aliphatic carbocycles. The van der Waals surface area contributed by atoms with Crippen LogP contribution in [0.5, 0.6) is 0 Å². The third kappa shape index (κ3) is 7.03. The van der Waals surface area contributed by atoms with Crippen molar-refractivity contribution in [1.82, 2.24) is 0 Å². The van der Waals surface area contributed by atoms with Gasteiger partial charge in [0.2, 0.25) is 7.35 Å².